The highest BCUT2D eigenvalue weighted by atomic mass is 16.5. The van der Waals surface area contributed by atoms with Crippen molar-refractivity contribution in [2.45, 2.75) is 13.3 Å². The summed E-state index contributed by atoms with van der Waals surface area (Å²) in [7, 11) is 1.65. The molecule has 0 spiro atoms. The summed E-state index contributed by atoms with van der Waals surface area (Å²) in [5.41, 5.74) is 2.84. The van der Waals surface area contributed by atoms with Crippen LogP contribution in [0.3, 0.4) is 0 Å². The SMILES string of the molecule is CCc1cn(-c2ccc(OC)cc2)cc1C#N. The molecule has 1 aromatic heterocycles. The molecule has 0 aliphatic rings. The Morgan fingerprint density at radius 3 is 2.41 bits per heavy atom. The van der Waals surface area contributed by atoms with Crippen molar-refractivity contribution in [1.82, 2.24) is 4.57 Å². The van der Waals surface area contributed by atoms with Crippen LogP contribution in [-0.2, 0) is 6.42 Å². The van der Waals surface area contributed by atoms with Gasteiger partial charge >= 0.3 is 0 Å². The van der Waals surface area contributed by atoms with E-state index in [0.29, 0.717) is 0 Å². The number of hydrogen-bond donors (Lipinski definition) is 0. The highest BCUT2D eigenvalue weighted by Crippen LogP contribution is 2.18. The summed E-state index contributed by atoms with van der Waals surface area (Å²) < 4.78 is 7.08. The molecule has 0 radical (unpaired) electrons. The Bertz CT molecular complexity index is 547. The first-order valence-corrected chi connectivity index (χ1v) is 5.54. The molecule has 0 aliphatic carbocycles. The lowest BCUT2D eigenvalue weighted by Crippen LogP contribution is -1.90. The molecule has 0 aliphatic heterocycles. The van der Waals surface area contributed by atoms with E-state index < -0.39 is 0 Å². The molecule has 17 heavy (non-hydrogen) atoms. The van der Waals surface area contributed by atoms with Crippen LogP contribution in [0.4, 0.5) is 0 Å². The van der Waals surface area contributed by atoms with E-state index in [0.717, 1.165) is 29.0 Å². The van der Waals surface area contributed by atoms with E-state index in [1.807, 2.05) is 41.2 Å². The van der Waals surface area contributed by atoms with Gasteiger partial charge in [0.2, 0.25) is 0 Å². The van der Waals surface area contributed by atoms with Crippen molar-refractivity contribution in [1.29, 1.82) is 5.26 Å². The van der Waals surface area contributed by atoms with Gasteiger partial charge in [0.05, 0.1) is 12.7 Å². The van der Waals surface area contributed by atoms with Crippen molar-refractivity contribution >= 4 is 0 Å². The summed E-state index contributed by atoms with van der Waals surface area (Å²) in [6, 6.07) is 9.98. The van der Waals surface area contributed by atoms with Crippen molar-refractivity contribution in [3.63, 3.8) is 0 Å². The zero-order valence-electron chi connectivity index (χ0n) is 9.97. The van der Waals surface area contributed by atoms with Gasteiger partial charge in [-0.1, -0.05) is 6.92 Å². The van der Waals surface area contributed by atoms with Crippen LogP contribution in [0.2, 0.25) is 0 Å². The van der Waals surface area contributed by atoms with Crippen molar-refractivity contribution in [2.24, 2.45) is 0 Å². The number of nitriles is 1. The Kier molecular flexibility index (Phi) is 3.15. The molecule has 2 rings (SSSR count). The van der Waals surface area contributed by atoms with Gasteiger partial charge in [0.15, 0.2) is 0 Å². The van der Waals surface area contributed by atoms with Gasteiger partial charge in [0.25, 0.3) is 0 Å². The zero-order chi connectivity index (χ0) is 12.3. The smallest absolute Gasteiger partial charge is 0.119 e. The first kappa shape index (κ1) is 11.3. The summed E-state index contributed by atoms with van der Waals surface area (Å²) in [5, 5.41) is 9.01. The molecule has 3 nitrogen and oxygen atoms in total. The van der Waals surface area contributed by atoms with E-state index >= 15 is 0 Å². The fraction of sp³-hybridized carbons (Fsp3) is 0.214. The van der Waals surface area contributed by atoms with Crippen molar-refractivity contribution in [2.75, 3.05) is 7.11 Å². The summed E-state index contributed by atoms with van der Waals surface area (Å²) >= 11 is 0. The average molecular weight is 226 g/mol. The third-order valence-electron chi connectivity index (χ3n) is 2.78. The minimum absolute atomic E-state index is 0.739. The summed E-state index contributed by atoms with van der Waals surface area (Å²) in [5.74, 6) is 0.831. The Morgan fingerprint density at radius 2 is 1.94 bits per heavy atom. The molecule has 0 saturated carbocycles. The molecule has 0 amide bonds. The van der Waals surface area contributed by atoms with Gasteiger partial charge in [-0.2, -0.15) is 5.26 Å². The minimum Gasteiger partial charge on any atom is -0.497 e. The summed E-state index contributed by atoms with van der Waals surface area (Å²) in [4.78, 5) is 0. The second-order valence-corrected chi connectivity index (χ2v) is 3.77. The van der Waals surface area contributed by atoms with Crippen LogP contribution in [0.15, 0.2) is 36.7 Å². The van der Waals surface area contributed by atoms with E-state index in [9.17, 15) is 0 Å². The first-order valence-electron chi connectivity index (χ1n) is 5.54. The highest BCUT2D eigenvalue weighted by molar-refractivity contribution is 5.43. The lowest BCUT2D eigenvalue weighted by atomic mass is 10.2. The number of aryl methyl sites for hydroxylation is 1. The maximum absolute atomic E-state index is 9.01. The van der Waals surface area contributed by atoms with E-state index in [-0.39, 0.29) is 0 Å². The van der Waals surface area contributed by atoms with Crippen molar-refractivity contribution in [3.05, 3.63) is 47.8 Å². The number of nitrogens with zero attached hydrogens (tertiary/aromatic N) is 2. The van der Waals surface area contributed by atoms with Crippen LogP contribution in [0, 0.1) is 11.3 Å². The van der Waals surface area contributed by atoms with Gasteiger partial charge in [-0.15, -0.1) is 0 Å². The van der Waals surface area contributed by atoms with Gasteiger partial charge < -0.3 is 9.30 Å². The zero-order valence-corrected chi connectivity index (χ0v) is 9.97. The van der Waals surface area contributed by atoms with E-state index in [2.05, 4.69) is 13.0 Å². The maximum Gasteiger partial charge on any atom is 0.119 e. The van der Waals surface area contributed by atoms with Crippen LogP contribution in [0.25, 0.3) is 5.69 Å². The third kappa shape index (κ3) is 2.16. The molecular weight excluding hydrogens is 212 g/mol. The van der Waals surface area contributed by atoms with Crippen LogP contribution in [-0.4, -0.2) is 11.7 Å². The largest absolute Gasteiger partial charge is 0.497 e. The minimum atomic E-state index is 0.739. The third-order valence-corrected chi connectivity index (χ3v) is 2.78. The Hall–Kier alpha value is -2.21. The lowest BCUT2D eigenvalue weighted by molar-refractivity contribution is 0.415. The molecule has 0 saturated heterocycles. The highest BCUT2D eigenvalue weighted by Gasteiger charge is 2.05. The molecule has 0 atom stereocenters. The van der Waals surface area contributed by atoms with Gasteiger partial charge in [-0.05, 0) is 36.2 Å². The van der Waals surface area contributed by atoms with Crippen LogP contribution in [0.5, 0.6) is 5.75 Å². The topological polar surface area (TPSA) is 38.0 Å². The second kappa shape index (κ2) is 4.75. The van der Waals surface area contributed by atoms with Crippen LogP contribution in [0.1, 0.15) is 18.1 Å². The molecule has 0 unspecified atom stereocenters. The standard InChI is InChI=1S/C14H14N2O/c1-3-11-9-16(10-12(11)8-15)13-4-6-14(17-2)7-5-13/h4-7,9-10H,3H2,1-2H3. The second-order valence-electron chi connectivity index (χ2n) is 3.77. The number of ether oxygens (including phenoxy) is 1. The molecule has 1 heterocycles. The Balaban J connectivity index is 2.39. The van der Waals surface area contributed by atoms with Crippen molar-refractivity contribution in [3.8, 4) is 17.5 Å². The number of hydrogen-bond acceptors (Lipinski definition) is 2. The Labute approximate surface area is 101 Å². The van der Waals surface area contributed by atoms with E-state index in [4.69, 9.17) is 10.00 Å². The van der Waals surface area contributed by atoms with Crippen LogP contribution >= 0.6 is 0 Å². The van der Waals surface area contributed by atoms with Gasteiger partial charge in [-0.25, -0.2) is 0 Å². The van der Waals surface area contributed by atoms with Crippen molar-refractivity contribution < 1.29 is 4.74 Å². The molecule has 0 fully saturated rings. The normalized spacial score (nSPS) is 9.94. The van der Waals surface area contributed by atoms with Gasteiger partial charge in [0, 0.05) is 18.1 Å². The first-order chi connectivity index (χ1) is 8.28. The predicted molar refractivity (Wildman–Crippen MR) is 66.4 cm³/mol. The molecule has 3 heteroatoms. The quantitative estimate of drug-likeness (QED) is 0.807. The van der Waals surface area contributed by atoms with E-state index in [1.54, 1.807) is 7.11 Å². The number of benzene rings is 1. The maximum atomic E-state index is 9.01. The molecule has 0 bridgehead atoms. The Morgan fingerprint density at radius 1 is 1.24 bits per heavy atom. The molecule has 86 valence electrons. The van der Waals surface area contributed by atoms with Gasteiger partial charge in [0.1, 0.15) is 11.8 Å². The van der Waals surface area contributed by atoms with Gasteiger partial charge in [-0.3, -0.25) is 0 Å². The fourth-order valence-electron chi connectivity index (χ4n) is 1.78. The lowest BCUT2D eigenvalue weighted by Gasteiger charge is -2.04. The number of rotatable bonds is 3. The fourth-order valence-corrected chi connectivity index (χ4v) is 1.78. The monoisotopic (exact) mass is 226 g/mol. The molecular formula is C14H14N2O. The molecule has 2 aromatic rings. The average Bonchev–Trinajstić information content (AvgIpc) is 2.82. The molecule has 0 N–H and O–H groups in total. The van der Waals surface area contributed by atoms with E-state index in [1.165, 1.54) is 0 Å². The molecule has 1 aromatic carbocycles. The number of methoxy groups -OCH3 is 1. The predicted octanol–water partition coefficient (Wildman–Crippen LogP) is 2.92. The number of aromatic nitrogens is 1. The summed E-state index contributed by atoms with van der Waals surface area (Å²) in [6.45, 7) is 2.05. The summed E-state index contributed by atoms with van der Waals surface area (Å²) in [6.07, 6.45) is 4.73. The van der Waals surface area contributed by atoms with Crippen LogP contribution < -0.4 is 4.74 Å².